The van der Waals surface area contributed by atoms with Crippen molar-refractivity contribution in [2.45, 2.75) is 19.1 Å². The molecule has 0 spiro atoms. The van der Waals surface area contributed by atoms with Gasteiger partial charge in [-0.15, -0.1) is 0 Å². The molecule has 1 atom stereocenters. The average Bonchev–Trinajstić information content (AvgIpc) is 2.76. The van der Waals surface area contributed by atoms with Crippen LogP contribution < -0.4 is 5.46 Å². The van der Waals surface area contributed by atoms with Crippen molar-refractivity contribution in [3.63, 3.8) is 0 Å². The Kier molecular flexibility index (Phi) is 4.34. The molecule has 2 rings (SSSR count). The van der Waals surface area contributed by atoms with E-state index in [0.29, 0.717) is 6.54 Å². The largest absolute Gasteiger partial charge is 0.488 e. The van der Waals surface area contributed by atoms with Crippen LogP contribution in [0.15, 0.2) is 18.2 Å². The summed E-state index contributed by atoms with van der Waals surface area (Å²) in [5, 5.41) is 18.1. The zero-order valence-electron chi connectivity index (χ0n) is 10.3. The van der Waals surface area contributed by atoms with Gasteiger partial charge in [-0.3, -0.25) is 4.90 Å². The SMILES string of the molecule is COC1CCN(Cc2cc(F)cc(B(O)O)c2)C1. The summed E-state index contributed by atoms with van der Waals surface area (Å²) in [5.41, 5.74) is 0.933. The fraction of sp³-hybridized carbons (Fsp3) is 0.500. The monoisotopic (exact) mass is 253 g/mol. The first-order valence-corrected chi connectivity index (χ1v) is 5.99. The van der Waals surface area contributed by atoms with Crippen molar-refractivity contribution in [1.82, 2.24) is 4.90 Å². The summed E-state index contributed by atoms with van der Waals surface area (Å²) in [7, 11) is 0.0566. The van der Waals surface area contributed by atoms with E-state index in [1.54, 1.807) is 13.2 Å². The first-order chi connectivity index (χ1) is 8.58. The maximum absolute atomic E-state index is 13.3. The van der Waals surface area contributed by atoms with Crippen molar-refractivity contribution in [3.05, 3.63) is 29.6 Å². The van der Waals surface area contributed by atoms with Crippen LogP contribution >= 0.6 is 0 Å². The number of halogens is 1. The third-order valence-electron chi connectivity index (χ3n) is 3.25. The van der Waals surface area contributed by atoms with Gasteiger partial charge in [0.1, 0.15) is 5.82 Å². The molecule has 1 aromatic rings. The fourth-order valence-corrected chi connectivity index (χ4v) is 2.31. The third-order valence-corrected chi connectivity index (χ3v) is 3.25. The highest BCUT2D eigenvalue weighted by Crippen LogP contribution is 2.15. The fourth-order valence-electron chi connectivity index (χ4n) is 2.31. The predicted octanol–water partition coefficient (Wildman–Crippen LogP) is -0.274. The van der Waals surface area contributed by atoms with Gasteiger partial charge in [-0.1, -0.05) is 6.07 Å². The zero-order valence-corrected chi connectivity index (χ0v) is 10.3. The molecule has 6 heteroatoms. The molecule has 0 aromatic heterocycles. The Labute approximate surface area is 106 Å². The van der Waals surface area contributed by atoms with Crippen LogP contribution in [0.4, 0.5) is 4.39 Å². The van der Waals surface area contributed by atoms with Crippen LogP contribution in [0.25, 0.3) is 0 Å². The van der Waals surface area contributed by atoms with E-state index in [1.165, 1.54) is 6.07 Å². The van der Waals surface area contributed by atoms with Crippen LogP contribution in [0.1, 0.15) is 12.0 Å². The first-order valence-electron chi connectivity index (χ1n) is 5.99. The molecular formula is C12H17BFNO3. The Hall–Kier alpha value is -0.945. The van der Waals surface area contributed by atoms with E-state index in [2.05, 4.69) is 4.90 Å². The lowest BCUT2D eigenvalue weighted by Gasteiger charge is -2.16. The van der Waals surface area contributed by atoms with E-state index in [4.69, 9.17) is 14.8 Å². The Morgan fingerprint density at radius 3 is 2.83 bits per heavy atom. The number of hydrogen-bond donors (Lipinski definition) is 2. The summed E-state index contributed by atoms with van der Waals surface area (Å²) in [6, 6.07) is 4.18. The van der Waals surface area contributed by atoms with Gasteiger partial charge in [0.2, 0.25) is 0 Å². The summed E-state index contributed by atoms with van der Waals surface area (Å²) in [4.78, 5) is 2.16. The molecule has 0 bridgehead atoms. The Morgan fingerprint density at radius 1 is 1.44 bits per heavy atom. The van der Waals surface area contributed by atoms with Gasteiger partial charge in [0, 0.05) is 26.7 Å². The van der Waals surface area contributed by atoms with Gasteiger partial charge in [0.05, 0.1) is 6.10 Å². The van der Waals surface area contributed by atoms with Crippen molar-refractivity contribution in [3.8, 4) is 0 Å². The predicted molar refractivity (Wildman–Crippen MR) is 66.9 cm³/mol. The zero-order chi connectivity index (χ0) is 13.1. The maximum atomic E-state index is 13.3. The molecule has 0 saturated carbocycles. The molecule has 1 saturated heterocycles. The molecule has 98 valence electrons. The Bertz CT molecular complexity index is 416. The van der Waals surface area contributed by atoms with Crippen LogP contribution in [0.2, 0.25) is 0 Å². The number of methoxy groups -OCH3 is 1. The Morgan fingerprint density at radius 2 is 2.22 bits per heavy atom. The van der Waals surface area contributed by atoms with E-state index in [9.17, 15) is 4.39 Å². The van der Waals surface area contributed by atoms with Gasteiger partial charge < -0.3 is 14.8 Å². The summed E-state index contributed by atoms with van der Waals surface area (Å²) < 4.78 is 18.6. The molecule has 0 aliphatic carbocycles. The van der Waals surface area contributed by atoms with E-state index in [1.807, 2.05) is 0 Å². The quantitative estimate of drug-likeness (QED) is 0.725. The van der Waals surface area contributed by atoms with Crippen LogP contribution in [-0.4, -0.2) is 48.4 Å². The second-order valence-electron chi connectivity index (χ2n) is 4.65. The third kappa shape index (κ3) is 3.29. The van der Waals surface area contributed by atoms with Crippen molar-refractivity contribution in [2.75, 3.05) is 20.2 Å². The smallest absolute Gasteiger partial charge is 0.423 e. The molecular weight excluding hydrogens is 236 g/mol. The number of ether oxygens (including phenoxy) is 1. The van der Waals surface area contributed by atoms with Gasteiger partial charge in [0.15, 0.2) is 0 Å². The summed E-state index contributed by atoms with van der Waals surface area (Å²) in [5.74, 6) is -0.446. The van der Waals surface area contributed by atoms with Crippen LogP contribution in [0, 0.1) is 5.82 Å². The molecule has 2 N–H and O–H groups in total. The molecule has 0 amide bonds. The second kappa shape index (κ2) is 5.80. The molecule has 1 fully saturated rings. The minimum absolute atomic E-state index is 0.187. The lowest BCUT2D eigenvalue weighted by molar-refractivity contribution is 0.107. The van der Waals surface area contributed by atoms with Gasteiger partial charge in [-0.25, -0.2) is 4.39 Å². The molecule has 18 heavy (non-hydrogen) atoms. The number of hydrogen-bond acceptors (Lipinski definition) is 4. The molecule has 1 unspecified atom stereocenters. The van der Waals surface area contributed by atoms with Crippen molar-refractivity contribution >= 4 is 12.6 Å². The minimum Gasteiger partial charge on any atom is -0.423 e. The average molecular weight is 253 g/mol. The van der Waals surface area contributed by atoms with E-state index in [0.717, 1.165) is 31.1 Å². The van der Waals surface area contributed by atoms with Crippen molar-refractivity contribution < 1.29 is 19.2 Å². The molecule has 1 aliphatic heterocycles. The van der Waals surface area contributed by atoms with Gasteiger partial charge in [0.25, 0.3) is 0 Å². The number of likely N-dealkylation sites (tertiary alicyclic amines) is 1. The minimum atomic E-state index is -1.63. The molecule has 1 aliphatic rings. The maximum Gasteiger partial charge on any atom is 0.488 e. The standard InChI is InChI=1S/C12H17BFNO3/c1-18-12-2-3-15(8-12)7-9-4-10(13(16)17)6-11(14)5-9/h4-6,12,16-17H,2-3,7-8H2,1H3. The van der Waals surface area contributed by atoms with Crippen LogP contribution in [-0.2, 0) is 11.3 Å². The molecule has 1 aromatic carbocycles. The molecule has 1 heterocycles. The van der Waals surface area contributed by atoms with Crippen molar-refractivity contribution in [1.29, 1.82) is 0 Å². The first kappa shape index (κ1) is 13.5. The summed E-state index contributed by atoms with van der Waals surface area (Å²) >= 11 is 0. The lowest BCUT2D eigenvalue weighted by Crippen LogP contribution is -2.31. The summed E-state index contributed by atoms with van der Waals surface area (Å²) in [6.45, 7) is 2.33. The normalized spacial score (nSPS) is 20.3. The van der Waals surface area contributed by atoms with E-state index >= 15 is 0 Å². The number of rotatable bonds is 4. The van der Waals surface area contributed by atoms with Crippen LogP contribution in [0.5, 0.6) is 0 Å². The second-order valence-corrected chi connectivity index (χ2v) is 4.65. The van der Waals surface area contributed by atoms with Crippen molar-refractivity contribution in [2.24, 2.45) is 0 Å². The topological polar surface area (TPSA) is 52.9 Å². The summed E-state index contributed by atoms with van der Waals surface area (Å²) in [6.07, 6.45) is 1.21. The van der Waals surface area contributed by atoms with E-state index < -0.39 is 12.9 Å². The highest BCUT2D eigenvalue weighted by Gasteiger charge is 2.22. The van der Waals surface area contributed by atoms with Gasteiger partial charge in [-0.2, -0.15) is 0 Å². The molecule has 0 radical (unpaired) electrons. The van der Waals surface area contributed by atoms with Gasteiger partial charge >= 0.3 is 7.12 Å². The molecule has 4 nitrogen and oxygen atoms in total. The lowest BCUT2D eigenvalue weighted by atomic mass is 9.79. The Balaban J connectivity index is 2.05. The number of nitrogens with zero attached hydrogens (tertiary/aromatic N) is 1. The highest BCUT2D eigenvalue weighted by atomic mass is 19.1. The highest BCUT2D eigenvalue weighted by molar-refractivity contribution is 6.58. The number of benzene rings is 1. The van der Waals surface area contributed by atoms with Gasteiger partial charge in [-0.05, 0) is 29.6 Å². The van der Waals surface area contributed by atoms with Crippen LogP contribution in [0.3, 0.4) is 0 Å². The van der Waals surface area contributed by atoms with E-state index in [-0.39, 0.29) is 11.6 Å².